The largest absolute Gasteiger partial charge is 0.458 e. The molecule has 0 aromatic rings. The molecule has 11 nitrogen and oxygen atoms in total. The van der Waals surface area contributed by atoms with E-state index in [4.69, 9.17) is 4.74 Å². The Morgan fingerprint density at radius 3 is 1.43 bits per heavy atom. The number of hydrogen-bond donors (Lipinski definition) is 9. The molecule has 0 saturated heterocycles. The Kier molecular flexibility index (Phi) is 23.7. The standard InChI is InChI=1S/C40H64O11/c1-27(2)40-28(3)18-19-30(41)20-31(42)21-32(43)22-33(44)23-34(45)24-35(46)25-36(47)26-38(49)29(4)37(48)16-14-12-10-8-6-5-7-9-11-13-15-17-39(50)51-40/h5-15,17-19,27-38,40-49H,16,20-26H2,1-4H3/b6-5+,9-7+,10-8+,13-11+,14-12+,17-15+,19-18+/t28-,29?,30-,31-,32+,33-,34+,35+,36+,37?,38?,40+/m1/s1. The van der Waals surface area contributed by atoms with Gasteiger partial charge in [-0.05, 0) is 50.9 Å². The molecule has 11 heteroatoms. The van der Waals surface area contributed by atoms with Gasteiger partial charge in [0.1, 0.15) is 6.10 Å². The maximum atomic E-state index is 12.4. The van der Waals surface area contributed by atoms with Crippen LogP contribution in [0.2, 0.25) is 0 Å². The van der Waals surface area contributed by atoms with Crippen molar-refractivity contribution in [1.82, 2.24) is 0 Å². The number of aliphatic hydroxyl groups is 9. The average Bonchev–Trinajstić information content (AvgIpc) is 3.02. The summed E-state index contributed by atoms with van der Waals surface area (Å²) in [7, 11) is 0. The van der Waals surface area contributed by atoms with Gasteiger partial charge in [0, 0.05) is 24.3 Å². The summed E-state index contributed by atoms with van der Waals surface area (Å²) in [5, 5.41) is 93.9. The van der Waals surface area contributed by atoms with Gasteiger partial charge in [0.2, 0.25) is 0 Å². The van der Waals surface area contributed by atoms with Gasteiger partial charge in [-0.15, -0.1) is 0 Å². The molecule has 51 heavy (non-hydrogen) atoms. The van der Waals surface area contributed by atoms with E-state index in [-0.39, 0.29) is 63.2 Å². The third-order valence-corrected chi connectivity index (χ3v) is 8.77. The highest BCUT2D eigenvalue weighted by atomic mass is 16.5. The SMILES string of the molecule is CC1C(O)C/C=C/C=C/C=C/C=C/C=C/C=C/C(=O)O[C@@H](C(C)C)[C@H](C)/C=C/[C@@H](O)C[C@@H](O)C[C@H](O)C[C@@H](O)C[C@H](O)C[C@H](O)C[C@H](O)CC1O. The van der Waals surface area contributed by atoms with Gasteiger partial charge >= 0.3 is 5.97 Å². The molecule has 9 N–H and O–H groups in total. The summed E-state index contributed by atoms with van der Waals surface area (Å²) in [5.41, 5.74) is 0. The Morgan fingerprint density at radius 2 is 0.961 bits per heavy atom. The van der Waals surface area contributed by atoms with Crippen molar-refractivity contribution in [3.8, 4) is 0 Å². The van der Waals surface area contributed by atoms with Gasteiger partial charge in [-0.1, -0.05) is 107 Å². The molecule has 1 rings (SSSR count). The molecule has 0 aromatic heterocycles. The molecule has 0 aliphatic carbocycles. The maximum Gasteiger partial charge on any atom is 0.331 e. The van der Waals surface area contributed by atoms with E-state index in [2.05, 4.69) is 0 Å². The maximum absolute atomic E-state index is 12.4. The first kappa shape index (κ1) is 46.3. The molecule has 1 heterocycles. The van der Waals surface area contributed by atoms with Crippen LogP contribution in [0.15, 0.2) is 85.1 Å². The summed E-state index contributed by atoms with van der Waals surface area (Å²) < 4.78 is 5.67. The second kappa shape index (κ2) is 26.1. The number of carbonyl (C=O) groups is 1. The molecule has 0 saturated carbocycles. The van der Waals surface area contributed by atoms with Crippen LogP contribution < -0.4 is 0 Å². The number of hydrogen-bond acceptors (Lipinski definition) is 11. The lowest BCUT2D eigenvalue weighted by Gasteiger charge is -2.26. The first-order valence-electron chi connectivity index (χ1n) is 18.1. The number of cyclic esters (lactones) is 1. The molecule has 0 fully saturated rings. The lowest BCUT2D eigenvalue weighted by atomic mass is 9.90. The summed E-state index contributed by atoms with van der Waals surface area (Å²) in [6, 6.07) is 0. The predicted molar refractivity (Wildman–Crippen MR) is 198 cm³/mol. The molecule has 3 unspecified atom stereocenters. The molecule has 290 valence electrons. The van der Waals surface area contributed by atoms with E-state index in [1.54, 1.807) is 55.5 Å². The summed E-state index contributed by atoms with van der Waals surface area (Å²) >= 11 is 0. The molecule has 0 amide bonds. The number of carbonyl (C=O) groups excluding carboxylic acids is 1. The number of aliphatic hydroxyl groups excluding tert-OH is 9. The Morgan fingerprint density at radius 1 is 0.549 bits per heavy atom. The van der Waals surface area contributed by atoms with Gasteiger partial charge in [-0.2, -0.15) is 0 Å². The minimum absolute atomic E-state index is 0.00960. The van der Waals surface area contributed by atoms with Gasteiger partial charge in [-0.3, -0.25) is 0 Å². The Labute approximate surface area is 304 Å². The van der Waals surface area contributed by atoms with E-state index in [1.165, 1.54) is 12.2 Å². The van der Waals surface area contributed by atoms with E-state index in [9.17, 15) is 50.8 Å². The average molecular weight is 721 g/mol. The van der Waals surface area contributed by atoms with E-state index < -0.39 is 72.9 Å². The zero-order chi connectivity index (χ0) is 38.3. The van der Waals surface area contributed by atoms with Crippen molar-refractivity contribution in [3.05, 3.63) is 85.1 Å². The molecule has 12 atom stereocenters. The number of rotatable bonds is 1. The molecule has 0 radical (unpaired) electrons. The van der Waals surface area contributed by atoms with Crippen LogP contribution in [0.3, 0.4) is 0 Å². The van der Waals surface area contributed by atoms with Gasteiger partial charge in [-0.25, -0.2) is 4.79 Å². The van der Waals surface area contributed by atoms with E-state index >= 15 is 0 Å². The zero-order valence-corrected chi connectivity index (χ0v) is 30.6. The van der Waals surface area contributed by atoms with Crippen LogP contribution in [0.1, 0.15) is 79.1 Å². The number of ether oxygens (including phenoxy) is 1. The van der Waals surface area contributed by atoms with Crippen LogP contribution in [-0.4, -0.2) is 113 Å². The van der Waals surface area contributed by atoms with Crippen LogP contribution in [0, 0.1) is 17.8 Å². The fraction of sp³-hybridized carbons (Fsp3) is 0.625. The van der Waals surface area contributed by atoms with Crippen molar-refractivity contribution in [3.63, 3.8) is 0 Å². The monoisotopic (exact) mass is 720 g/mol. The minimum atomic E-state index is -1.13. The topological polar surface area (TPSA) is 208 Å². The van der Waals surface area contributed by atoms with Crippen molar-refractivity contribution < 1.29 is 55.5 Å². The minimum Gasteiger partial charge on any atom is -0.458 e. The lowest BCUT2D eigenvalue weighted by molar-refractivity contribution is -0.147. The molecule has 0 spiro atoms. The van der Waals surface area contributed by atoms with Gasteiger partial charge in [0.15, 0.2) is 0 Å². The second-order valence-electron chi connectivity index (χ2n) is 14.1. The van der Waals surface area contributed by atoms with Crippen LogP contribution in [-0.2, 0) is 9.53 Å². The number of allylic oxidation sites excluding steroid dienone is 10. The lowest BCUT2D eigenvalue weighted by Crippen LogP contribution is -2.34. The quantitative estimate of drug-likeness (QED) is 0.142. The smallest absolute Gasteiger partial charge is 0.331 e. The van der Waals surface area contributed by atoms with E-state index in [0.717, 1.165) is 0 Å². The molecule has 0 bridgehead atoms. The Bertz CT molecular complexity index is 1160. The fourth-order valence-corrected chi connectivity index (χ4v) is 5.85. The Hall–Kier alpha value is -2.71. The fourth-order valence-electron chi connectivity index (χ4n) is 5.85. The van der Waals surface area contributed by atoms with E-state index in [0.29, 0.717) is 0 Å². The van der Waals surface area contributed by atoms with Crippen LogP contribution in [0.25, 0.3) is 0 Å². The third kappa shape index (κ3) is 22.1. The first-order valence-corrected chi connectivity index (χ1v) is 18.1. The first-order chi connectivity index (χ1) is 24.1. The van der Waals surface area contributed by atoms with Gasteiger partial charge < -0.3 is 50.7 Å². The van der Waals surface area contributed by atoms with Gasteiger partial charge in [0.05, 0.1) is 54.9 Å². The summed E-state index contributed by atoms with van der Waals surface area (Å²) in [4.78, 5) is 12.4. The van der Waals surface area contributed by atoms with Crippen molar-refractivity contribution in [2.24, 2.45) is 17.8 Å². The van der Waals surface area contributed by atoms with Crippen molar-refractivity contribution in [1.29, 1.82) is 0 Å². The molecular formula is C40H64O11. The molecule has 1 aliphatic heterocycles. The highest BCUT2D eigenvalue weighted by Gasteiger charge is 2.27. The third-order valence-electron chi connectivity index (χ3n) is 8.77. The second-order valence-corrected chi connectivity index (χ2v) is 14.1. The summed E-state index contributed by atoms with van der Waals surface area (Å²) in [6.45, 7) is 7.38. The molecular weight excluding hydrogens is 656 g/mol. The highest BCUT2D eigenvalue weighted by molar-refractivity contribution is 5.82. The van der Waals surface area contributed by atoms with Crippen LogP contribution in [0.4, 0.5) is 0 Å². The van der Waals surface area contributed by atoms with E-state index in [1.807, 2.05) is 45.1 Å². The van der Waals surface area contributed by atoms with Crippen LogP contribution in [0.5, 0.6) is 0 Å². The van der Waals surface area contributed by atoms with Crippen molar-refractivity contribution in [2.75, 3.05) is 0 Å². The molecule has 0 aromatic carbocycles. The van der Waals surface area contributed by atoms with Crippen molar-refractivity contribution in [2.45, 2.75) is 140 Å². The molecule has 1 aliphatic rings. The van der Waals surface area contributed by atoms with Crippen LogP contribution >= 0.6 is 0 Å². The zero-order valence-electron chi connectivity index (χ0n) is 30.6. The van der Waals surface area contributed by atoms with Gasteiger partial charge in [0.25, 0.3) is 0 Å². The Balaban J connectivity index is 2.97. The predicted octanol–water partition coefficient (Wildman–Crippen LogP) is 3.10. The van der Waals surface area contributed by atoms with Crippen molar-refractivity contribution >= 4 is 5.97 Å². The summed E-state index contributed by atoms with van der Waals surface area (Å²) in [6.07, 6.45) is 13.4. The summed E-state index contributed by atoms with van der Waals surface area (Å²) in [5.74, 6) is -1.30. The number of esters is 1. The normalized spacial score (nSPS) is 40.3. The highest BCUT2D eigenvalue weighted by Crippen LogP contribution is 2.22.